The van der Waals surface area contributed by atoms with Crippen LogP contribution in [-0.4, -0.2) is 33.9 Å². The van der Waals surface area contributed by atoms with Gasteiger partial charge in [-0.2, -0.15) is 16.7 Å². The molecule has 0 radical (unpaired) electrons. The van der Waals surface area contributed by atoms with Gasteiger partial charge in [0.25, 0.3) is 0 Å². The maximum absolute atomic E-state index is 5.55. The summed E-state index contributed by atoms with van der Waals surface area (Å²) in [6.07, 6.45) is 0. The Hall–Kier alpha value is -0.200. The Balaban J connectivity index is 2.05. The fourth-order valence-electron chi connectivity index (χ4n) is 1.32. The lowest BCUT2D eigenvalue weighted by atomic mass is 10.2. The highest BCUT2D eigenvalue weighted by Gasteiger charge is 2.23. The first kappa shape index (κ1) is 11.3. The van der Waals surface area contributed by atoms with Gasteiger partial charge in [0.05, 0.1) is 5.25 Å². The second-order valence-corrected chi connectivity index (χ2v) is 6.02. The molecule has 1 fully saturated rings. The van der Waals surface area contributed by atoms with Gasteiger partial charge in [-0.05, 0) is 0 Å². The van der Waals surface area contributed by atoms with Crippen LogP contribution in [-0.2, 0) is 0 Å². The van der Waals surface area contributed by atoms with E-state index in [0.29, 0.717) is 17.7 Å². The molecule has 0 saturated carbocycles. The van der Waals surface area contributed by atoms with Crippen molar-refractivity contribution in [3.05, 3.63) is 11.7 Å². The normalized spacial score (nSPS) is 24.0. The predicted octanol–water partition coefficient (Wildman–Crippen LogP) is 1.65. The number of nitrogens with two attached hydrogens (primary N) is 1. The molecule has 1 saturated heterocycles. The minimum atomic E-state index is 0.160. The highest BCUT2D eigenvalue weighted by molar-refractivity contribution is 8.06. The molecule has 2 N–H and O–H groups in total. The topological polar surface area (TPSA) is 64.9 Å². The molecule has 1 aliphatic rings. The number of rotatable bonds is 3. The Morgan fingerprint density at radius 3 is 3.13 bits per heavy atom. The second kappa shape index (κ2) is 5.23. The van der Waals surface area contributed by atoms with E-state index in [1.807, 2.05) is 30.4 Å². The van der Waals surface area contributed by atoms with Gasteiger partial charge in [-0.25, -0.2) is 0 Å². The minimum absolute atomic E-state index is 0.160. The van der Waals surface area contributed by atoms with Crippen molar-refractivity contribution in [2.24, 2.45) is 5.73 Å². The lowest BCUT2D eigenvalue weighted by molar-refractivity contribution is 0.357. The number of hydrogen-bond donors (Lipinski definition) is 1. The summed E-state index contributed by atoms with van der Waals surface area (Å²) in [5.74, 6) is 5.15. The van der Waals surface area contributed by atoms with Crippen LogP contribution in [0.25, 0.3) is 0 Å². The van der Waals surface area contributed by atoms with Crippen LogP contribution in [0, 0.1) is 0 Å². The van der Waals surface area contributed by atoms with Crippen molar-refractivity contribution in [1.82, 2.24) is 10.1 Å². The molecule has 1 aliphatic heterocycles. The van der Waals surface area contributed by atoms with Crippen LogP contribution < -0.4 is 5.73 Å². The molecular weight excluding hydrogens is 230 g/mol. The van der Waals surface area contributed by atoms with Crippen LogP contribution >= 0.6 is 23.5 Å². The third-order valence-corrected chi connectivity index (χ3v) is 5.09. The lowest BCUT2D eigenvalue weighted by Gasteiger charge is -2.17. The van der Waals surface area contributed by atoms with Crippen LogP contribution in [0.5, 0.6) is 0 Å². The molecule has 2 atom stereocenters. The molecule has 2 heterocycles. The van der Waals surface area contributed by atoms with Gasteiger partial charge in [0.1, 0.15) is 0 Å². The van der Waals surface area contributed by atoms with Crippen LogP contribution in [0.2, 0.25) is 0 Å². The summed E-state index contributed by atoms with van der Waals surface area (Å²) in [4.78, 5) is 4.41. The van der Waals surface area contributed by atoms with E-state index in [2.05, 4.69) is 10.1 Å². The molecule has 15 heavy (non-hydrogen) atoms. The van der Waals surface area contributed by atoms with Crippen LogP contribution in [0.4, 0.5) is 0 Å². The third kappa shape index (κ3) is 2.68. The highest BCUT2D eigenvalue weighted by atomic mass is 32.2. The molecule has 0 amide bonds. The van der Waals surface area contributed by atoms with Gasteiger partial charge >= 0.3 is 0 Å². The van der Waals surface area contributed by atoms with Crippen molar-refractivity contribution in [1.29, 1.82) is 0 Å². The summed E-state index contributed by atoms with van der Waals surface area (Å²) in [6.45, 7) is 2.55. The fraction of sp³-hybridized carbons (Fsp3) is 0.778. The number of nitrogens with zero attached hydrogens (tertiary/aromatic N) is 2. The summed E-state index contributed by atoms with van der Waals surface area (Å²) < 4.78 is 5.21. The quantitative estimate of drug-likeness (QED) is 0.873. The van der Waals surface area contributed by atoms with Gasteiger partial charge in [-0.1, -0.05) is 12.1 Å². The van der Waals surface area contributed by atoms with E-state index in [-0.39, 0.29) is 5.92 Å². The van der Waals surface area contributed by atoms with Crippen molar-refractivity contribution in [3.63, 3.8) is 0 Å². The average Bonchev–Trinajstić information content (AvgIpc) is 2.78. The SMILES string of the molecule is CC(CN)c1nc(C2CSCCS2)no1. The highest BCUT2D eigenvalue weighted by Crippen LogP contribution is 2.35. The molecule has 1 aromatic rings. The zero-order valence-corrected chi connectivity index (χ0v) is 10.3. The third-order valence-electron chi connectivity index (χ3n) is 2.34. The van der Waals surface area contributed by atoms with E-state index >= 15 is 0 Å². The summed E-state index contributed by atoms with van der Waals surface area (Å²) in [6, 6.07) is 0. The average molecular weight is 245 g/mol. The lowest BCUT2D eigenvalue weighted by Crippen LogP contribution is -2.10. The summed E-state index contributed by atoms with van der Waals surface area (Å²) in [7, 11) is 0. The first-order valence-corrected chi connectivity index (χ1v) is 7.24. The zero-order chi connectivity index (χ0) is 10.7. The van der Waals surface area contributed by atoms with Gasteiger partial charge in [0.2, 0.25) is 5.89 Å². The van der Waals surface area contributed by atoms with Gasteiger partial charge < -0.3 is 10.3 Å². The van der Waals surface area contributed by atoms with E-state index < -0.39 is 0 Å². The number of hydrogen-bond acceptors (Lipinski definition) is 6. The number of aromatic nitrogens is 2. The van der Waals surface area contributed by atoms with E-state index in [1.54, 1.807) is 0 Å². The van der Waals surface area contributed by atoms with E-state index in [1.165, 1.54) is 11.5 Å². The predicted molar refractivity (Wildman–Crippen MR) is 64.3 cm³/mol. The van der Waals surface area contributed by atoms with Crippen LogP contribution in [0.1, 0.15) is 29.8 Å². The van der Waals surface area contributed by atoms with E-state index in [0.717, 1.165) is 11.6 Å². The van der Waals surface area contributed by atoms with Gasteiger partial charge in [-0.3, -0.25) is 0 Å². The molecule has 0 aromatic carbocycles. The Kier molecular flexibility index (Phi) is 3.93. The Morgan fingerprint density at radius 2 is 2.47 bits per heavy atom. The Bertz CT molecular complexity index is 312. The Morgan fingerprint density at radius 1 is 1.60 bits per heavy atom. The van der Waals surface area contributed by atoms with Crippen molar-refractivity contribution < 1.29 is 4.52 Å². The van der Waals surface area contributed by atoms with Gasteiger partial charge in [-0.15, -0.1) is 11.8 Å². The molecule has 2 rings (SSSR count). The van der Waals surface area contributed by atoms with Crippen molar-refractivity contribution >= 4 is 23.5 Å². The minimum Gasteiger partial charge on any atom is -0.339 e. The first-order valence-electron chi connectivity index (χ1n) is 5.04. The molecule has 0 spiro atoms. The summed E-state index contributed by atoms with van der Waals surface area (Å²) >= 11 is 3.87. The second-order valence-electron chi connectivity index (χ2n) is 3.56. The van der Waals surface area contributed by atoms with E-state index in [9.17, 15) is 0 Å². The number of thioether (sulfide) groups is 2. The van der Waals surface area contributed by atoms with Gasteiger partial charge in [0.15, 0.2) is 5.82 Å². The standard InChI is InChI=1S/C9H15N3OS2/c1-6(4-10)9-11-8(12-13-9)7-5-14-2-3-15-7/h6-7H,2-5,10H2,1H3. The Labute approximate surface area is 97.8 Å². The molecule has 4 nitrogen and oxygen atoms in total. The molecular formula is C9H15N3OS2. The van der Waals surface area contributed by atoms with Crippen LogP contribution in [0.3, 0.4) is 0 Å². The molecule has 1 aromatic heterocycles. The maximum Gasteiger partial charge on any atom is 0.230 e. The zero-order valence-electron chi connectivity index (χ0n) is 8.68. The van der Waals surface area contributed by atoms with E-state index in [4.69, 9.17) is 10.3 Å². The molecule has 84 valence electrons. The molecule has 6 heteroatoms. The smallest absolute Gasteiger partial charge is 0.230 e. The first-order chi connectivity index (χ1) is 7.31. The van der Waals surface area contributed by atoms with Gasteiger partial charge in [0, 0.05) is 29.7 Å². The van der Waals surface area contributed by atoms with Crippen LogP contribution in [0.15, 0.2) is 4.52 Å². The molecule has 0 bridgehead atoms. The van der Waals surface area contributed by atoms with Crippen molar-refractivity contribution in [3.8, 4) is 0 Å². The van der Waals surface area contributed by atoms with Crippen molar-refractivity contribution in [2.75, 3.05) is 23.8 Å². The van der Waals surface area contributed by atoms with Crippen molar-refractivity contribution in [2.45, 2.75) is 18.1 Å². The summed E-state index contributed by atoms with van der Waals surface area (Å²) in [5, 5.41) is 4.43. The molecule has 0 aliphatic carbocycles. The monoisotopic (exact) mass is 245 g/mol. The largest absolute Gasteiger partial charge is 0.339 e. The maximum atomic E-state index is 5.55. The fourth-order valence-corrected chi connectivity index (χ4v) is 3.90. The molecule has 2 unspecified atom stereocenters. The summed E-state index contributed by atoms with van der Waals surface area (Å²) in [5.41, 5.74) is 5.55.